The minimum absolute atomic E-state index is 0.0905. The number of aliphatic imine (C=N–C) groups is 1. The predicted molar refractivity (Wildman–Crippen MR) is 166 cm³/mol. The summed E-state index contributed by atoms with van der Waals surface area (Å²) in [6.45, 7) is 8.69. The van der Waals surface area contributed by atoms with Gasteiger partial charge in [-0.15, -0.1) is 0 Å². The maximum Gasteiger partial charge on any atom is 0.300 e. The number of amides is 5. The van der Waals surface area contributed by atoms with Gasteiger partial charge in [0.05, 0.1) is 12.6 Å². The summed E-state index contributed by atoms with van der Waals surface area (Å²) in [6, 6.07) is -3.65. The van der Waals surface area contributed by atoms with Crippen molar-refractivity contribution >= 4 is 41.5 Å². The lowest BCUT2D eigenvalue weighted by Gasteiger charge is -2.26. The maximum absolute atomic E-state index is 13.1. The van der Waals surface area contributed by atoms with Crippen molar-refractivity contribution in [3.05, 3.63) is 0 Å². The standard InChI is InChI=1S/C25H50N10O5.C2H4O2/c1-14(2)12-16(27)22(38)35-20(15(3)4)24(40)34-18(8-5-6-10-26)23(39)32-13-19(36)33-17(21(28)37)9-7-11-31-25(29)30;1-2(3)4/h14-18,20H,5-13,26-27H2,1-4H3,(H2,28,37)(H,32,39)(H,33,36)(H,34,40)(H,35,38)(H4,29,30,31);1H3,(H,3,4)/t16-,17-,18-,20-;/m0./s1. The van der Waals surface area contributed by atoms with Crippen molar-refractivity contribution in [2.75, 3.05) is 19.6 Å². The molecule has 0 spiro atoms. The highest BCUT2D eigenvalue weighted by Crippen LogP contribution is 2.08. The molecule has 0 radical (unpaired) electrons. The molecule has 4 atom stereocenters. The number of aliphatic carboxylic acids is 1. The highest BCUT2D eigenvalue weighted by atomic mass is 16.4. The van der Waals surface area contributed by atoms with Crippen LogP contribution >= 0.6 is 0 Å². The molecule has 0 aliphatic heterocycles. The van der Waals surface area contributed by atoms with Gasteiger partial charge >= 0.3 is 0 Å². The first-order valence-corrected chi connectivity index (χ1v) is 14.6. The third-order valence-electron chi connectivity index (χ3n) is 5.94. The summed E-state index contributed by atoms with van der Waals surface area (Å²) >= 11 is 0. The molecular formula is C27H54N10O7. The Morgan fingerprint density at radius 3 is 1.84 bits per heavy atom. The van der Waals surface area contributed by atoms with Crippen LogP contribution in [0.15, 0.2) is 4.99 Å². The van der Waals surface area contributed by atoms with Crippen molar-refractivity contribution in [3.8, 4) is 0 Å². The summed E-state index contributed by atoms with van der Waals surface area (Å²) in [6.07, 6.45) is 2.47. The molecule has 0 aromatic rings. The fourth-order valence-corrected chi connectivity index (χ4v) is 3.76. The zero-order valence-corrected chi connectivity index (χ0v) is 26.6. The zero-order valence-electron chi connectivity index (χ0n) is 26.6. The molecule has 5 amide bonds. The zero-order chi connectivity index (χ0) is 34.4. The molecule has 0 fully saturated rings. The number of hydrogen-bond donors (Lipinski definition) is 10. The lowest BCUT2D eigenvalue weighted by molar-refractivity contribution is -0.134. The molecule has 0 aliphatic carbocycles. The second-order valence-corrected chi connectivity index (χ2v) is 11.0. The number of carboxylic acids is 1. The van der Waals surface area contributed by atoms with E-state index in [0.717, 1.165) is 6.92 Å². The van der Waals surface area contributed by atoms with Crippen LogP contribution in [0.4, 0.5) is 0 Å². The average Bonchev–Trinajstić information content (AvgIpc) is 2.90. The minimum Gasteiger partial charge on any atom is -0.481 e. The Bertz CT molecular complexity index is 951. The normalized spacial score (nSPS) is 13.3. The predicted octanol–water partition coefficient (Wildman–Crippen LogP) is -2.65. The van der Waals surface area contributed by atoms with E-state index >= 15 is 0 Å². The van der Waals surface area contributed by atoms with Crippen LogP contribution in [-0.2, 0) is 28.8 Å². The van der Waals surface area contributed by atoms with Gasteiger partial charge in [-0.05, 0) is 56.9 Å². The number of rotatable bonds is 20. The second kappa shape index (κ2) is 23.5. The molecule has 0 heterocycles. The molecular weight excluding hydrogens is 576 g/mol. The molecule has 44 heavy (non-hydrogen) atoms. The van der Waals surface area contributed by atoms with Crippen LogP contribution in [0.3, 0.4) is 0 Å². The fraction of sp³-hybridized carbons (Fsp3) is 0.741. The van der Waals surface area contributed by atoms with Crippen molar-refractivity contribution in [3.63, 3.8) is 0 Å². The Hall–Kier alpha value is -3.99. The lowest BCUT2D eigenvalue weighted by Crippen LogP contribution is -2.58. The summed E-state index contributed by atoms with van der Waals surface area (Å²) in [5, 5.41) is 17.7. The molecule has 0 bridgehead atoms. The third kappa shape index (κ3) is 21.7. The number of nitrogens with one attached hydrogen (secondary N) is 4. The van der Waals surface area contributed by atoms with Gasteiger partial charge in [-0.25, -0.2) is 0 Å². The van der Waals surface area contributed by atoms with E-state index in [9.17, 15) is 24.0 Å². The second-order valence-electron chi connectivity index (χ2n) is 11.0. The summed E-state index contributed by atoms with van der Waals surface area (Å²) in [7, 11) is 0. The molecule has 254 valence electrons. The first-order valence-electron chi connectivity index (χ1n) is 14.6. The van der Waals surface area contributed by atoms with Crippen LogP contribution in [0.5, 0.6) is 0 Å². The van der Waals surface area contributed by atoms with Gasteiger partial charge in [0.25, 0.3) is 5.97 Å². The average molecular weight is 631 g/mol. The number of hydrogen-bond acceptors (Lipinski definition) is 9. The van der Waals surface area contributed by atoms with E-state index in [1.165, 1.54) is 0 Å². The van der Waals surface area contributed by atoms with E-state index < -0.39 is 66.2 Å². The van der Waals surface area contributed by atoms with Crippen LogP contribution in [0.2, 0.25) is 0 Å². The quantitative estimate of drug-likeness (QED) is 0.0376. The molecule has 0 aromatic heterocycles. The van der Waals surface area contributed by atoms with E-state index in [0.29, 0.717) is 32.2 Å². The summed E-state index contributed by atoms with van der Waals surface area (Å²) in [5.41, 5.74) is 27.4. The number of nitrogens with two attached hydrogens (primary N) is 5. The van der Waals surface area contributed by atoms with Crippen LogP contribution in [-0.4, -0.2) is 90.4 Å². The maximum atomic E-state index is 13.1. The van der Waals surface area contributed by atoms with Crippen LogP contribution in [0, 0.1) is 11.8 Å². The SMILES string of the molecule is CC(=O)O.CC(C)C[C@H](N)C(=O)N[C@H](C(=O)N[C@@H](CCCCN)C(=O)NCC(=O)N[C@@H](CCCN=C(N)N)C(N)=O)C(C)C. The minimum atomic E-state index is -0.985. The Labute approximate surface area is 259 Å². The molecule has 15 N–H and O–H groups in total. The highest BCUT2D eigenvalue weighted by Gasteiger charge is 2.30. The fourth-order valence-electron chi connectivity index (χ4n) is 3.76. The van der Waals surface area contributed by atoms with Gasteiger partial charge in [-0.2, -0.15) is 0 Å². The first kappa shape index (κ1) is 42.1. The van der Waals surface area contributed by atoms with Crippen molar-refractivity contribution in [2.45, 2.75) is 97.3 Å². The molecule has 0 aromatic carbocycles. The van der Waals surface area contributed by atoms with Crippen molar-refractivity contribution in [1.29, 1.82) is 0 Å². The van der Waals surface area contributed by atoms with Gasteiger partial charge in [-0.3, -0.25) is 33.8 Å². The van der Waals surface area contributed by atoms with E-state index in [1.54, 1.807) is 13.8 Å². The molecule has 0 saturated carbocycles. The third-order valence-corrected chi connectivity index (χ3v) is 5.94. The number of nitrogens with zero attached hydrogens (tertiary/aromatic N) is 1. The van der Waals surface area contributed by atoms with Gasteiger partial charge in [-0.1, -0.05) is 27.7 Å². The van der Waals surface area contributed by atoms with E-state index in [4.69, 9.17) is 38.6 Å². The number of unbranched alkanes of at least 4 members (excludes halogenated alkanes) is 1. The molecule has 0 aliphatic rings. The van der Waals surface area contributed by atoms with Crippen LogP contribution in [0.25, 0.3) is 0 Å². The van der Waals surface area contributed by atoms with Gasteiger partial charge in [0, 0.05) is 13.5 Å². The number of carboxylic acid groups (broad SMARTS) is 1. The Morgan fingerprint density at radius 1 is 0.795 bits per heavy atom. The largest absolute Gasteiger partial charge is 0.481 e. The molecule has 0 saturated heterocycles. The molecule has 17 nitrogen and oxygen atoms in total. The van der Waals surface area contributed by atoms with Gasteiger partial charge < -0.3 is 55.0 Å². The van der Waals surface area contributed by atoms with Crippen molar-refractivity contribution in [2.24, 2.45) is 45.5 Å². The molecule has 0 rings (SSSR count). The first-order chi connectivity index (χ1) is 20.4. The van der Waals surface area contributed by atoms with Crippen molar-refractivity contribution in [1.82, 2.24) is 21.3 Å². The number of guanidine groups is 1. The number of carbonyl (C=O) groups is 6. The lowest BCUT2D eigenvalue weighted by atomic mass is 9.99. The monoisotopic (exact) mass is 630 g/mol. The number of carbonyl (C=O) groups excluding carboxylic acids is 5. The molecule has 0 unspecified atom stereocenters. The summed E-state index contributed by atoms with van der Waals surface area (Å²) in [4.78, 5) is 75.5. The van der Waals surface area contributed by atoms with Gasteiger partial charge in [0.1, 0.15) is 18.1 Å². The van der Waals surface area contributed by atoms with Crippen molar-refractivity contribution < 1.29 is 33.9 Å². The number of primary amides is 1. The van der Waals surface area contributed by atoms with E-state index in [-0.39, 0.29) is 37.2 Å². The summed E-state index contributed by atoms with van der Waals surface area (Å²) in [5.74, 6) is -4.00. The van der Waals surface area contributed by atoms with Gasteiger partial charge in [0.15, 0.2) is 5.96 Å². The Morgan fingerprint density at radius 2 is 1.36 bits per heavy atom. The topological polar surface area (TPSA) is 313 Å². The Balaban J connectivity index is 0. The van der Waals surface area contributed by atoms with Crippen LogP contribution in [0.1, 0.15) is 73.1 Å². The summed E-state index contributed by atoms with van der Waals surface area (Å²) < 4.78 is 0. The highest BCUT2D eigenvalue weighted by molar-refractivity contribution is 5.94. The Kier molecular flexibility index (Phi) is 22.5. The molecule has 17 heteroatoms. The van der Waals surface area contributed by atoms with E-state index in [1.807, 2.05) is 13.8 Å². The van der Waals surface area contributed by atoms with Crippen LogP contribution < -0.4 is 49.9 Å². The smallest absolute Gasteiger partial charge is 0.300 e. The van der Waals surface area contributed by atoms with Gasteiger partial charge in [0.2, 0.25) is 29.5 Å². The van der Waals surface area contributed by atoms with E-state index in [2.05, 4.69) is 26.3 Å².